The number of hydrogen-bond donors (Lipinski definition) is 5. The summed E-state index contributed by atoms with van der Waals surface area (Å²) in [5, 5.41) is 39.3. The molecule has 0 aromatic carbocycles. The highest BCUT2D eigenvalue weighted by Gasteiger charge is 2.55. The molecule has 2 unspecified atom stereocenters. The van der Waals surface area contributed by atoms with Crippen molar-refractivity contribution in [2.75, 3.05) is 19.8 Å². The molecule has 0 aromatic rings. The van der Waals surface area contributed by atoms with Crippen LogP contribution in [0.2, 0.25) is 0 Å². The first-order valence-corrected chi connectivity index (χ1v) is 21.4. The van der Waals surface area contributed by atoms with Gasteiger partial charge in [0.05, 0.1) is 19.8 Å². The molecule has 0 fully saturated rings. The van der Waals surface area contributed by atoms with Gasteiger partial charge in [-0.1, -0.05) is 168 Å². The molecule has 0 saturated heterocycles. The van der Waals surface area contributed by atoms with Crippen LogP contribution < -0.4 is 0 Å². The molecule has 0 bridgehead atoms. The second-order valence-electron chi connectivity index (χ2n) is 14.0. The van der Waals surface area contributed by atoms with Crippen LogP contribution in [0.5, 0.6) is 0 Å². The van der Waals surface area contributed by atoms with E-state index in [1.54, 1.807) is 0 Å². The van der Waals surface area contributed by atoms with Gasteiger partial charge < -0.3 is 25.3 Å². The summed E-state index contributed by atoms with van der Waals surface area (Å²) in [6.07, 6.45) is 24.6. The summed E-state index contributed by atoms with van der Waals surface area (Å²) in [5.41, 5.74) is -2.78. The van der Waals surface area contributed by atoms with Gasteiger partial charge in [-0.05, 0) is 12.8 Å². The zero-order valence-corrected chi connectivity index (χ0v) is 32.2. The fraction of sp³-hybridized carbons (Fsp3) is 0.947. The van der Waals surface area contributed by atoms with Crippen molar-refractivity contribution in [1.29, 1.82) is 0 Å². The first-order valence-electron chi connectivity index (χ1n) is 19.9. The Balaban J connectivity index is 5.00. The largest absolute Gasteiger partial charge is 0.473 e. The first-order chi connectivity index (χ1) is 23.6. The lowest BCUT2D eigenvalue weighted by atomic mass is 9.82. The molecule has 49 heavy (non-hydrogen) atoms. The number of ketones is 2. The van der Waals surface area contributed by atoms with Crippen molar-refractivity contribution in [3.05, 3.63) is 0 Å². The zero-order valence-electron chi connectivity index (χ0n) is 31.3. The molecule has 0 aromatic heterocycles. The van der Waals surface area contributed by atoms with Crippen molar-refractivity contribution in [2.45, 2.75) is 211 Å². The van der Waals surface area contributed by atoms with E-state index in [2.05, 4.69) is 13.8 Å². The van der Waals surface area contributed by atoms with E-state index < -0.39 is 57.0 Å². The Hall–Kier alpha value is -0.710. The molecule has 0 radical (unpaired) electrons. The average Bonchev–Trinajstić information content (AvgIpc) is 3.09. The van der Waals surface area contributed by atoms with Gasteiger partial charge in [-0.3, -0.25) is 18.6 Å². The minimum absolute atomic E-state index is 0.182. The summed E-state index contributed by atoms with van der Waals surface area (Å²) in [4.78, 5) is 37.7. The van der Waals surface area contributed by atoms with Crippen LogP contribution in [0.25, 0.3) is 0 Å². The van der Waals surface area contributed by atoms with Crippen molar-refractivity contribution < 1.29 is 48.5 Å². The van der Waals surface area contributed by atoms with E-state index in [0.29, 0.717) is 25.7 Å². The quantitative estimate of drug-likeness (QED) is 0.0236. The maximum Gasteiger partial charge on any atom is 0.473 e. The number of unbranched alkanes of at least 4 members (excludes halogenated alkanes) is 24. The Morgan fingerprint density at radius 2 is 0.857 bits per heavy atom. The number of aliphatic hydroxyl groups is 4. The lowest BCUT2D eigenvalue weighted by Gasteiger charge is -2.35. The van der Waals surface area contributed by atoms with Gasteiger partial charge in [0.2, 0.25) is 5.60 Å². The predicted octanol–water partition coefficient (Wildman–Crippen LogP) is 8.67. The third-order valence-corrected chi connectivity index (χ3v) is 10.4. The van der Waals surface area contributed by atoms with Crippen LogP contribution in [0.1, 0.15) is 194 Å². The molecule has 0 heterocycles. The molecule has 0 aliphatic heterocycles. The Morgan fingerprint density at radius 1 is 0.551 bits per heavy atom. The van der Waals surface area contributed by atoms with Gasteiger partial charge >= 0.3 is 7.82 Å². The van der Waals surface area contributed by atoms with E-state index >= 15 is 0 Å². The van der Waals surface area contributed by atoms with Crippen LogP contribution in [0.15, 0.2) is 0 Å². The van der Waals surface area contributed by atoms with Gasteiger partial charge in [0, 0.05) is 12.8 Å². The van der Waals surface area contributed by atoms with E-state index in [0.717, 1.165) is 38.5 Å². The highest BCUT2D eigenvalue weighted by Crippen LogP contribution is 2.49. The molecular weight excluding hydrogens is 647 g/mol. The van der Waals surface area contributed by atoms with E-state index in [-0.39, 0.29) is 12.8 Å². The molecular formula is C38H75O10P. The first kappa shape index (κ1) is 48.3. The molecule has 0 rings (SSSR count). The Bertz CT molecular complexity index is 797. The van der Waals surface area contributed by atoms with Crippen LogP contribution in [0.4, 0.5) is 0 Å². The summed E-state index contributed by atoms with van der Waals surface area (Å²) in [5.74, 6) is -1.75. The fourth-order valence-electron chi connectivity index (χ4n) is 6.24. The molecule has 0 aliphatic rings. The van der Waals surface area contributed by atoms with E-state index in [4.69, 9.17) is 14.2 Å². The number of rotatable bonds is 38. The smallest absolute Gasteiger partial charge is 0.394 e. The average molecular weight is 723 g/mol. The third kappa shape index (κ3) is 24.2. The third-order valence-electron chi connectivity index (χ3n) is 9.39. The molecule has 0 amide bonds. The normalized spacial score (nSPS) is 14.5. The number of carbonyl (C=O) groups is 2. The van der Waals surface area contributed by atoms with Crippen LogP contribution in [0.3, 0.4) is 0 Å². The van der Waals surface area contributed by atoms with Gasteiger partial charge in [-0.15, -0.1) is 0 Å². The Morgan fingerprint density at radius 3 is 1.14 bits per heavy atom. The predicted molar refractivity (Wildman–Crippen MR) is 196 cm³/mol. The summed E-state index contributed by atoms with van der Waals surface area (Å²) in [6.45, 7) is 1.85. The standard InChI is InChI=1S/C38H75O10P/c1-3-5-7-9-11-13-15-17-19-21-23-25-27-29-35(42)38(37(44)32-40,48-49(45,46)47-33-34(41)31-39)36(43)30-28-26-24-22-20-18-16-14-12-10-8-6-4-2/h34,37,39-41,44H,3-33H2,1-2H3,(H,45,46)/t34-,37?/m1/s1. The van der Waals surface area contributed by atoms with Crippen molar-refractivity contribution in [2.24, 2.45) is 0 Å². The lowest BCUT2D eigenvalue weighted by Crippen LogP contribution is -2.58. The van der Waals surface area contributed by atoms with Crippen LogP contribution >= 0.6 is 7.82 Å². The molecule has 0 saturated carbocycles. The van der Waals surface area contributed by atoms with E-state index in [1.807, 2.05) is 0 Å². The topological polar surface area (TPSA) is 171 Å². The molecule has 5 N–H and O–H groups in total. The van der Waals surface area contributed by atoms with E-state index in [9.17, 15) is 34.4 Å². The Labute approximate surface area is 298 Å². The minimum Gasteiger partial charge on any atom is -0.394 e. The SMILES string of the molecule is CCCCCCCCCCCCCCCC(=O)C(OP(=O)(O)OC[C@H](O)CO)(C(=O)CCCCCCCCCCCCCCC)C(O)CO. The zero-order chi connectivity index (χ0) is 36.6. The highest BCUT2D eigenvalue weighted by atomic mass is 31.2. The maximum atomic E-state index is 13.6. The highest BCUT2D eigenvalue weighted by molar-refractivity contribution is 7.47. The molecule has 0 spiro atoms. The van der Waals surface area contributed by atoms with Crippen LogP contribution in [0, 0.1) is 0 Å². The summed E-state index contributed by atoms with van der Waals surface area (Å²) in [6, 6.07) is 0. The molecule has 0 aliphatic carbocycles. The number of phosphoric ester groups is 1. The van der Waals surface area contributed by atoms with Gasteiger partial charge in [-0.2, -0.15) is 0 Å². The number of hydrogen-bond acceptors (Lipinski definition) is 9. The van der Waals surface area contributed by atoms with Gasteiger partial charge in [0.15, 0.2) is 11.6 Å². The minimum atomic E-state index is -5.18. The monoisotopic (exact) mass is 723 g/mol. The molecule has 10 nitrogen and oxygen atoms in total. The van der Waals surface area contributed by atoms with Crippen LogP contribution in [-0.4, -0.2) is 74.5 Å². The van der Waals surface area contributed by atoms with Crippen molar-refractivity contribution in [3.63, 3.8) is 0 Å². The number of carbonyl (C=O) groups excluding carboxylic acids is 2. The Kier molecular flexibility index (Phi) is 31.5. The van der Waals surface area contributed by atoms with Gasteiger partial charge in [0.1, 0.15) is 12.2 Å². The van der Waals surface area contributed by atoms with E-state index in [1.165, 1.54) is 103 Å². The van der Waals surface area contributed by atoms with Crippen molar-refractivity contribution in [1.82, 2.24) is 0 Å². The van der Waals surface area contributed by atoms with Crippen LogP contribution in [-0.2, 0) is 23.2 Å². The molecule has 292 valence electrons. The summed E-state index contributed by atoms with van der Waals surface area (Å²) >= 11 is 0. The lowest BCUT2D eigenvalue weighted by molar-refractivity contribution is -0.165. The second kappa shape index (κ2) is 32.0. The summed E-state index contributed by atoms with van der Waals surface area (Å²) in [7, 11) is -5.18. The van der Waals surface area contributed by atoms with Crippen molar-refractivity contribution >= 4 is 19.4 Å². The maximum absolute atomic E-state index is 13.6. The van der Waals surface area contributed by atoms with Crippen molar-refractivity contribution in [3.8, 4) is 0 Å². The number of Topliss-reactive ketones (excluding diaryl/α,β-unsaturated/α-hetero) is 2. The molecule has 3 atom stereocenters. The number of phosphoric acid groups is 1. The number of aliphatic hydroxyl groups excluding tert-OH is 4. The van der Waals surface area contributed by atoms with Gasteiger partial charge in [0.25, 0.3) is 0 Å². The molecule has 11 heteroatoms. The fourth-order valence-corrected chi connectivity index (χ4v) is 7.34. The van der Waals surface area contributed by atoms with Gasteiger partial charge in [-0.25, -0.2) is 4.57 Å². The summed E-state index contributed by atoms with van der Waals surface area (Å²) < 4.78 is 22.8. The second-order valence-corrected chi connectivity index (χ2v) is 15.3.